The summed E-state index contributed by atoms with van der Waals surface area (Å²) in [6.07, 6.45) is 3.69. The lowest BCUT2D eigenvalue weighted by Gasteiger charge is -2.26. The Hall–Kier alpha value is -0.120. The molecule has 3 nitrogen and oxygen atoms in total. The van der Waals surface area contributed by atoms with Crippen molar-refractivity contribution in [1.29, 1.82) is 0 Å². The summed E-state index contributed by atoms with van der Waals surface area (Å²) in [4.78, 5) is 0. The van der Waals surface area contributed by atoms with Crippen molar-refractivity contribution in [2.75, 3.05) is 6.54 Å². The first kappa shape index (κ1) is 11.0. The highest BCUT2D eigenvalue weighted by Gasteiger charge is 2.31. The molecule has 0 radical (unpaired) electrons. The molecule has 2 unspecified atom stereocenters. The Morgan fingerprint density at radius 3 is 2.31 bits per heavy atom. The molecule has 1 fully saturated rings. The van der Waals surface area contributed by atoms with Gasteiger partial charge in [0, 0.05) is 12.6 Å². The molecule has 1 saturated carbocycles. The van der Waals surface area contributed by atoms with E-state index in [9.17, 15) is 10.2 Å². The van der Waals surface area contributed by atoms with Gasteiger partial charge in [0.05, 0.1) is 11.7 Å². The van der Waals surface area contributed by atoms with Gasteiger partial charge in [0.2, 0.25) is 0 Å². The van der Waals surface area contributed by atoms with Gasteiger partial charge >= 0.3 is 0 Å². The third kappa shape index (κ3) is 3.25. The highest BCUT2D eigenvalue weighted by molar-refractivity contribution is 4.87. The zero-order valence-corrected chi connectivity index (χ0v) is 8.58. The average Bonchev–Trinajstić information content (AvgIpc) is 2.48. The van der Waals surface area contributed by atoms with Crippen LogP contribution in [0.2, 0.25) is 0 Å². The Morgan fingerprint density at radius 1 is 1.31 bits per heavy atom. The van der Waals surface area contributed by atoms with Crippen LogP contribution in [0.15, 0.2) is 0 Å². The maximum absolute atomic E-state index is 9.98. The van der Waals surface area contributed by atoms with Crippen molar-refractivity contribution in [3.63, 3.8) is 0 Å². The summed E-state index contributed by atoms with van der Waals surface area (Å²) in [7, 11) is 0. The molecule has 78 valence electrons. The first-order valence-corrected chi connectivity index (χ1v) is 5.17. The summed E-state index contributed by atoms with van der Waals surface area (Å²) in [5, 5.41) is 22.4. The molecular formula is C10H21NO2. The fourth-order valence-corrected chi connectivity index (χ4v) is 1.73. The SMILES string of the molecule is CC(O)C(C)NCC1(O)CCCC1. The fourth-order valence-electron chi connectivity index (χ4n) is 1.73. The largest absolute Gasteiger partial charge is 0.392 e. The first-order valence-electron chi connectivity index (χ1n) is 5.17. The fraction of sp³-hybridized carbons (Fsp3) is 1.00. The molecule has 0 bridgehead atoms. The van der Waals surface area contributed by atoms with E-state index in [0.29, 0.717) is 6.54 Å². The van der Waals surface area contributed by atoms with E-state index >= 15 is 0 Å². The van der Waals surface area contributed by atoms with Crippen LogP contribution in [-0.4, -0.2) is 34.5 Å². The standard InChI is InChI=1S/C10H21NO2/c1-8(9(2)12)11-7-10(13)5-3-4-6-10/h8-9,11-13H,3-7H2,1-2H3. The highest BCUT2D eigenvalue weighted by atomic mass is 16.3. The molecule has 0 aromatic carbocycles. The van der Waals surface area contributed by atoms with Crippen molar-refractivity contribution in [2.45, 2.75) is 57.3 Å². The lowest BCUT2D eigenvalue weighted by atomic mass is 10.0. The van der Waals surface area contributed by atoms with Crippen molar-refractivity contribution in [1.82, 2.24) is 5.32 Å². The Balaban J connectivity index is 2.24. The van der Waals surface area contributed by atoms with Crippen molar-refractivity contribution in [3.05, 3.63) is 0 Å². The number of hydrogen-bond acceptors (Lipinski definition) is 3. The van der Waals surface area contributed by atoms with Crippen LogP contribution in [0.1, 0.15) is 39.5 Å². The van der Waals surface area contributed by atoms with Gasteiger partial charge in [0.25, 0.3) is 0 Å². The van der Waals surface area contributed by atoms with E-state index in [2.05, 4.69) is 5.32 Å². The molecule has 3 heteroatoms. The summed E-state index contributed by atoms with van der Waals surface area (Å²) in [6.45, 7) is 4.30. The van der Waals surface area contributed by atoms with Gasteiger partial charge in [-0.1, -0.05) is 12.8 Å². The minimum atomic E-state index is -0.511. The van der Waals surface area contributed by atoms with E-state index in [-0.39, 0.29) is 12.1 Å². The van der Waals surface area contributed by atoms with E-state index in [4.69, 9.17) is 0 Å². The van der Waals surface area contributed by atoms with Gasteiger partial charge in [-0.3, -0.25) is 0 Å². The molecular weight excluding hydrogens is 166 g/mol. The van der Waals surface area contributed by atoms with Crippen LogP contribution in [-0.2, 0) is 0 Å². The zero-order valence-electron chi connectivity index (χ0n) is 8.58. The lowest BCUT2D eigenvalue weighted by molar-refractivity contribution is 0.0386. The summed E-state index contributed by atoms with van der Waals surface area (Å²) in [5.41, 5.74) is -0.511. The van der Waals surface area contributed by atoms with Crippen LogP contribution < -0.4 is 5.32 Å². The summed E-state index contributed by atoms with van der Waals surface area (Å²) in [6, 6.07) is 0.0598. The topological polar surface area (TPSA) is 52.5 Å². The van der Waals surface area contributed by atoms with Crippen molar-refractivity contribution >= 4 is 0 Å². The highest BCUT2D eigenvalue weighted by Crippen LogP contribution is 2.28. The van der Waals surface area contributed by atoms with Crippen LogP contribution in [0.25, 0.3) is 0 Å². The van der Waals surface area contributed by atoms with E-state index in [1.54, 1.807) is 6.92 Å². The van der Waals surface area contributed by atoms with Gasteiger partial charge in [0.15, 0.2) is 0 Å². The van der Waals surface area contributed by atoms with Crippen LogP contribution in [0.3, 0.4) is 0 Å². The summed E-state index contributed by atoms with van der Waals surface area (Å²) < 4.78 is 0. The number of aliphatic hydroxyl groups is 2. The quantitative estimate of drug-likeness (QED) is 0.605. The zero-order chi connectivity index (χ0) is 9.90. The Morgan fingerprint density at radius 2 is 1.85 bits per heavy atom. The molecule has 0 heterocycles. The van der Waals surface area contributed by atoms with Crippen LogP contribution in [0.5, 0.6) is 0 Å². The number of rotatable bonds is 4. The van der Waals surface area contributed by atoms with E-state index in [1.165, 1.54) is 0 Å². The average molecular weight is 187 g/mol. The summed E-state index contributed by atoms with van der Waals surface area (Å²) >= 11 is 0. The maximum Gasteiger partial charge on any atom is 0.0771 e. The molecule has 0 aliphatic heterocycles. The van der Waals surface area contributed by atoms with E-state index < -0.39 is 5.60 Å². The van der Waals surface area contributed by atoms with Crippen molar-refractivity contribution in [2.24, 2.45) is 0 Å². The molecule has 1 aliphatic carbocycles. The normalized spacial score (nSPS) is 25.8. The molecule has 3 N–H and O–H groups in total. The van der Waals surface area contributed by atoms with Crippen LogP contribution in [0.4, 0.5) is 0 Å². The predicted molar refractivity (Wildman–Crippen MR) is 52.6 cm³/mol. The second-order valence-electron chi connectivity index (χ2n) is 4.34. The van der Waals surface area contributed by atoms with Crippen LogP contribution in [0, 0.1) is 0 Å². The third-order valence-corrected chi connectivity index (χ3v) is 3.01. The Kier molecular flexibility index (Phi) is 3.71. The van der Waals surface area contributed by atoms with Crippen molar-refractivity contribution in [3.8, 4) is 0 Å². The molecule has 1 aliphatic rings. The smallest absolute Gasteiger partial charge is 0.0771 e. The number of hydrogen-bond donors (Lipinski definition) is 3. The first-order chi connectivity index (χ1) is 6.03. The van der Waals surface area contributed by atoms with Gasteiger partial charge in [-0.05, 0) is 26.7 Å². The maximum atomic E-state index is 9.98. The van der Waals surface area contributed by atoms with Gasteiger partial charge < -0.3 is 15.5 Å². The second kappa shape index (κ2) is 4.40. The molecule has 0 spiro atoms. The predicted octanol–water partition coefficient (Wildman–Crippen LogP) is 0.650. The second-order valence-corrected chi connectivity index (χ2v) is 4.34. The molecule has 0 amide bonds. The minimum absolute atomic E-state index is 0.0598. The minimum Gasteiger partial charge on any atom is -0.392 e. The monoisotopic (exact) mass is 187 g/mol. The van der Waals surface area contributed by atoms with E-state index in [0.717, 1.165) is 25.7 Å². The third-order valence-electron chi connectivity index (χ3n) is 3.01. The summed E-state index contributed by atoms with van der Waals surface area (Å²) in [5.74, 6) is 0. The number of nitrogens with one attached hydrogen (secondary N) is 1. The van der Waals surface area contributed by atoms with Gasteiger partial charge in [-0.25, -0.2) is 0 Å². The Labute approximate surface area is 80.2 Å². The molecule has 0 aromatic rings. The van der Waals surface area contributed by atoms with Gasteiger partial charge in [-0.2, -0.15) is 0 Å². The molecule has 1 rings (SSSR count). The Bertz CT molecular complexity index is 153. The molecule has 0 aromatic heterocycles. The van der Waals surface area contributed by atoms with Crippen LogP contribution >= 0.6 is 0 Å². The molecule has 2 atom stereocenters. The molecule has 0 saturated heterocycles. The van der Waals surface area contributed by atoms with Gasteiger partial charge in [0.1, 0.15) is 0 Å². The lowest BCUT2D eigenvalue weighted by Crippen LogP contribution is -2.45. The van der Waals surface area contributed by atoms with Crippen molar-refractivity contribution < 1.29 is 10.2 Å². The number of aliphatic hydroxyl groups excluding tert-OH is 1. The molecule has 13 heavy (non-hydrogen) atoms. The van der Waals surface area contributed by atoms with Gasteiger partial charge in [-0.15, -0.1) is 0 Å². The van der Waals surface area contributed by atoms with E-state index in [1.807, 2.05) is 6.92 Å².